The lowest BCUT2D eigenvalue weighted by molar-refractivity contribution is 0.365. The quantitative estimate of drug-likeness (QED) is 0.675. The summed E-state index contributed by atoms with van der Waals surface area (Å²) in [5, 5.41) is 7.42. The number of hydrogen-bond acceptors (Lipinski definition) is 5. The molecule has 2 aliphatic rings. The number of H-pyrrole nitrogens is 1. The number of benzene rings is 1. The summed E-state index contributed by atoms with van der Waals surface area (Å²) in [7, 11) is -3.77. The van der Waals surface area contributed by atoms with E-state index < -0.39 is 16.1 Å². The predicted octanol–water partition coefficient (Wildman–Crippen LogP) is 2.67. The Morgan fingerprint density at radius 3 is 2.63 bits per heavy atom. The number of para-hydroxylation sites is 1. The predicted molar refractivity (Wildman–Crippen MR) is 113 cm³/mol. The number of fused-ring (bicyclic) bond motifs is 1. The lowest BCUT2D eigenvalue weighted by atomic mass is 10.1. The van der Waals surface area contributed by atoms with Crippen molar-refractivity contribution in [3.05, 3.63) is 51.8 Å². The van der Waals surface area contributed by atoms with Crippen LogP contribution in [0, 0.1) is 19.8 Å². The molecule has 1 atom stereocenters. The summed E-state index contributed by atoms with van der Waals surface area (Å²) in [6.45, 7) is 4.41. The van der Waals surface area contributed by atoms with E-state index in [0.29, 0.717) is 53.5 Å². The highest BCUT2D eigenvalue weighted by atomic mass is 32.2. The molecule has 1 aliphatic carbocycles. The van der Waals surface area contributed by atoms with Crippen LogP contribution in [0.5, 0.6) is 0 Å². The van der Waals surface area contributed by atoms with E-state index >= 15 is 0 Å². The van der Waals surface area contributed by atoms with Crippen LogP contribution >= 0.6 is 0 Å². The van der Waals surface area contributed by atoms with Crippen LogP contribution in [-0.2, 0) is 16.6 Å². The first-order chi connectivity index (χ1) is 14.4. The molecule has 1 unspecified atom stereocenters. The van der Waals surface area contributed by atoms with Gasteiger partial charge in [0, 0.05) is 13.1 Å². The third-order valence-corrected chi connectivity index (χ3v) is 8.33. The molecule has 30 heavy (non-hydrogen) atoms. The molecule has 1 saturated heterocycles. The zero-order valence-corrected chi connectivity index (χ0v) is 17.9. The van der Waals surface area contributed by atoms with Crippen LogP contribution in [0.15, 0.2) is 34.0 Å². The average molecular weight is 428 g/mol. The van der Waals surface area contributed by atoms with E-state index in [4.69, 9.17) is 4.98 Å². The van der Waals surface area contributed by atoms with Gasteiger partial charge in [0.05, 0.1) is 28.3 Å². The van der Waals surface area contributed by atoms with Gasteiger partial charge in [0.1, 0.15) is 10.7 Å². The molecule has 1 aromatic carbocycles. The Morgan fingerprint density at radius 1 is 1.17 bits per heavy atom. The number of aromatic amines is 1. The Balaban J connectivity index is 1.66. The summed E-state index contributed by atoms with van der Waals surface area (Å²) in [6, 6.07) is 6.84. The molecule has 3 heterocycles. The Morgan fingerprint density at radius 2 is 1.93 bits per heavy atom. The van der Waals surface area contributed by atoms with Gasteiger partial charge in [-0.05, 0) is 57.6 Å². The van der Waals surface area contributed by atoms with Crippen molar-refractivity contribution in [3.63, 3.8) is 0 Å². The first-order valence-electron chi connectivity index (χ1n) is 10.4. The topological polar surface area (TPSA) is 101 Å². The lowest BCUT2D eigenvalue weighted by Gasteiger charge is -2.26. The van der Waals surface area contributed by atoms with Crippen molar-refractivity contribution in [2.45, 2.75) is 57.0 Å². The van der Waals surface area contributed by atoms with Crippen molar-refractivity contribution in [2.75, 3.05) is 6.54 Å². The van der Waals surface area contributed by atoms with Gasteiger partial charge in [-0.2, -0.15) is 9.40 Å². The molecule has 1 aliphatic heterocycles. The molecular formula is C21H25N5O3S. The van der Waals surface area contributed by atoms with Crippen molar-refractivity contribution in [1.82, 2.24) is 24.1 Å². The zero-order chi connectivity index (χ0) is 21.0. The summed E-state index contributed by atoms with van der Waals surface area (Å²) < 4.78 is 30.4. The zero-order valence-electron chi connectivity index (χ0n) is 17.1. The molecular weight excluding hydrogens is 402 g/mol. The summed E-state index contributed by atoms with van der Waals surface area (Å²) in [5.74, 6) is 1.03. The van der Waals surface area contributed by atoms with Crippen molar-refractivity contribution in [2.24, 2.45) is 5.92 Å². The number of aromatic nitrogens is 4. The fourth-order valence-corrected chi connectivity index (χ4v) is 6.49. The highest BCUT2D eigenvalue weighted by Gasteiger charge is 2.41. The van der Waals surface area contributed by atoms with E-state index in [1.807, 2.05) is 18.2 Å². The molecule has 0 amide bonds. The fraction of sp³-hybridized carbons (Fsp3) is 0.476. The normalized spacial score (nSPS) is 20.3. The molecule has 8 nitrogen and oxygen atoms in total. The average Bonchev–Trinajstić information content (AvgIpc) is 3.26. The summed E-state index contributed by atoms with van der Waals surface area (Å²) >= 11 is 0. The van der Waals surface area contributed by atoms with Gasteiger partial charge in [0.2, 0.25) is 10.0 Å². The van der Waals surface area contributed by atoms with E-state index in [1.165, 1.54) is 4.31 Å². The maximum atomic E-state index is 13.6. The van der Waals surface area contributed by atoms with Crippen molar-refractivity contribution < 1.29 is 8.42 Å². The molecule has 0 bridgehead atoms. The van der Waals surface area contributed by atoms with E-state index in [0.717, 1.165) is 19.3 Å². The summed E-state index contributed by atoms with van der Waals surface area (Å²) in [5.41, 5.74) is 1.52. The Bertz CT molecular complexity index is 1270. The first kappa shape index (κ1) is 19.4. The van der Waals surface area contributed by atoms with Crippen LogP contribution in [0.4, 0.5) is 0 Å². The van der Waals surface area contributed by atoms with E-state index in [2.05, 4.69) is 10.2 Å². The van der Waals surface area contributed by atoms with E-state index in [9.17, 15) is 13.2 Å². The first-order valence-corrected chi connectivity index (χ1v) is 11.8. The van der Waals surface area contributed by atoms with Crippen LogP contribution in [-0.4, -0.2) is 39.0 Å². The number of sulfonamides is 1. The van der Waals surface area contributed by atoms with Crippen LogP contribution < -0.4 is 5.56 Å². The second-order valence-electron chi connectivity index (χ2n) is 8.38. The minimum Gasteiger partial charge on any atom is -0.294 e. The van der Waals surface area contributed by atoms with E-state index in [1.54, 1.807) is 24.5 Å². The van der Waals surface area contributed by atoms with Crippen molar-refractivity contribution in [1.29, 1.82) is 0 Å². The molecule has 158 valence electrons. The second-order valence-corrected chi connectivity index (χ2v) is 10.2. The monoisotopic (exact) mass is 427 g/mol. The molecule has 0 radical (unpaired) electrons. The maximum Gasteiger partial charge on any atom is 0.261 e. The Kier molecular flexibility index (Phi) is 4.55. The molecule has 1 saturated carbocycles. The molecule has 3 aromatic rings. The van der Waals surface area contributed by atoms with Gasteiger partial charge in [-0.25, -0.2) is 13.4 Å². The molecule has 1 N–H and O–H groups in total. The highest BCUT2D eigenvalue weighted by Crippen LogP contribution is 2.38. The van der Waals surface area contributed by atoms with Crippen LogP contribution in [0.25, 0.3) is 10.9 Å². The largest absolute Gasteiger partial charge is 0.294 e. The molecule has 9 heteroatoms. The van der Waals surface area contributed by atoms with Crippen molar-refractivity contribution >= 4 is 20.9 Å². The Hall–Kier alpha value is -2.52. The number of nitrogens with zero attached hydrogens (tertiary/aromatic N) is 4. The lowest BCUT2D eigenvalue weighted by Crippen LogP contribution is -2.36. The maximum absolute atomic E-state index is 13.6. The van der Waals surface area contributed by atoms with Gasteiger partial charge in [0.25, 0.3) is 5.56 Å². The third kappa shape index (κ3) is 3.07. The minimum atomic E-state index is -3.77. The molecule has 0 spiro atoms. The molecule has 2 aromatic heterocycles. The van der Waals surface area contributed by atoms with E-state index in [-0.39, 0.29) is 10.5 Å². The van der Waals surface area contributed by atoms with Gasteiger partial charge < -0.3 is 0 Å². The van der Waals surface area contributed by atoms with Gasteiger partial charge in [0.15, 0.2) is 0 Å². The van der Waals surface area contributed by atoms with Crippen LogP contribution in [0.2, 0.25) is 0 Å². The number of nitrogens with one attached hydrogen (secondary N) is 1. The van der Waals surface area contributed by atoms with Gasteiger partial charge >= 0.3 is 0 Å². The standard InChI is InChI=1S/C21H25N5O3S/c1-13-19(14(2)24-23-13)30(28,29)26-11-5-8-18(26)20-22-17-7-4-3-6-16(17)21(27)25(20)12-15-9-10-15/h3-4,6-7,15,18H,5,8-12H2,1-2H3,(H,23,24). The SMILES string of the molecule is Cc1n[nH]c(C)c1S(=O)(=O)N1CCCC1c1nc2ccccc2c(=O)n1CC1CC1. The van der Waals surface area contributed by atoms with Gasteiger partial charge in [-0.15, -0.1) is 0 Å². The fourth-order valence-electron chi connectivity index (χ4n) is 4.50. The summed E-state index contributed by atoms with van der Waals surface area (Å²) in [4.78, 5) is 18.4. The Labute approximate surface area is 175 Å². The highest BCUT2D eigenvalue weighted by molar-refractivity contribution is 7.89. The second kappa shape index (κ2) is 7.02. The number of rotatable bonds is 5. The minimum absolute atomic E-state index is 0.0811. The summed E-state index contributed by atoms with van der Waals surface area (Å²) in [6.07, 6.45) is 3.56. The number of aryl methyl sites for hydroxylation is 2. The molecule has 2 fully saturated rings. The van der Waals surface area contributed by atoms with Crippen LogP contribution in [0.1, 0.15) is 48.9 Å². The van der Waals surface area contributed by atoms with Gasteiger partial charge in [-0.1, -0.05) is 12.1 Å². The number of hydrogen-bond donors (Lipinski definition) is 1. The smallest absolute Gasteiger partial charge is 0.261 e. The molecule has 5 rings (SSSR count). The van der Waals surface area contributed by atoms with Crippen molar-refractivity contribution in [3.8, 4) is 0 Å². The van der Waals surface area contributed by atoms with Gasteiger partial charge in [-0.3, -0.25) is 14.5 Å². The third-order valence-electron chi connectivity index (χ3n) is 6.16. The van der Waals surface area contributed by atoms with Crippen LogP contribution in [0.3, 0.4) is 0 Å².